The highest BCUT2D eigenvalue weighted by Crippen LogP contribution is 2.40. The van der Waals surface area contributed by atoms with Gasteiger partial charge in [0.15, 0.2) is 0 Å². The van der Waals surface area contributed by atoms with Gasteiger partial charge in [-0.25, -0.2) is 0 Å². The van der Waals surface area contributed by atoms with E-state index in [0.717, 1.165) is 24.3 Å². The maximum Gasteiger partial charge on any atom is 0.295 e. The number of aliphatic hydroxyl groups is 1. The van der Waals surface area contributed by atoms with Gasteiger partial charge in [-0.05, 0) is 56.7 Å². The molecular weight excluding hydrogens is 456 g/mol. The third-order valence-corrected chi connectivity index (χ3v) is 6.23. The second kappa shape index (κ2) is 11.4. The molecule has 1 saturated heterocycles. The smallest absolute Gasteiger partial charge is 0.295 e. The molecule has 1 atom stereocenters. The van der Waals surface area contributed by atoms with Gasteiger partial charge in [-0.3, -0.25) is 9.59 Å². The minimum Gasteiger partial charge on any atom is -0.507 e. The molecule has 0 aliphatic carbocycles. The number of carbonyl (C=O) groups is 2. The van der Waals surface area contributed by atoms with Crippen LogP contribution in [0, 0.1) is 0 Å². The van der Waals surface area contributed by atoms with E-state index >= 15 is 0 Å². The molecule has 2 aromatic carbocycles. The maximum atomic E-state index is 13.1. The van der Waals surface area contributed by atoms with Crippen LogP contribution in [0.2, 0.25) is 5.02 Å². The van der Waals surface area contributed by atoms with Gasteiger partial charge in [-0.1, -0.05) is 23.7 Å². The lowest BCUT2D eigenvalue weighted by atomic mass is 9.95. The number of benzene rings is 2. The minimum atomic E-state index is -0.743. The average Bonchev–Trinajstić information content (AvgIpc) is 3.09. The molecule has 1 amide bonds. The SMILES string of the molecule is CCOc1cc(/C(O)=C2/C(=O)C(=O)N(CCOC)C2c2ccc(N(CC)CC)cc2)ccc1Cl. The fourth-order valence-corrected chi connectivity index (χ4v) is 4.35. The van der Waals surface area contributed by atoms with Gasteiger partial charge in [-0.15, -0.1) is 0 Å². The first-order valence-corrected chi connectivity index (χ1v) is 11.8. The van der Waals surface area contributed by atoms with Crippen LogP contribution in [-0.4, -0.2) is 61.7 Å². The Labute approximate surface area is 205 Å². The van der Waals surface area contributed by atoms with E-state index < -0.39 is 17.7 Å². The van der Waals surface area contributed by atoms with E-state index in [1.54, 1.807) is 18.2 Å². The first-order chi connectivity index (χ1) is 16.4. The molecule has 182 valence electrons. The van der Waals surface area contributed by atoms with Crippen molar-refractivity contribution < 1.29 is 24.2 Å². The predicted molar refractivity (Wildman–Crippen MR) is 134 cm³/mol. The summed E-state index contributed by atoms with van der Waals surface area (Å²) in [6, 6.07) is 11.7. The van der Waals surface area contributed by atoms with Crippen LogP contribution in [0.1, 0.15) is 37.9 Å². The van der Waals surface area contributed by atoms with Crippen LogP contribution in [0.3, 0.4) is 0 Å². The molecule has 1 unspecified atom stereocenters. The Morgan fingerprint density at radius 1 is 1.09 bits per heavy atom. The van der Waals surface area contributed by atoms with Crippen LogP contribution in [0.5, 0.6) is 5.75 Å². The molecule has 8 heteroatoms. The number of hydrogen-bond acceptors (Lipinski definition) is 6. The number of carbonyl (C=O) groups excluding carboxylic acids is 2. The van der Waals surface area contributed by atoms with E-state index in [1.807, 2.05) is 31.2 Å². The number of Topliss-reactive ketones (excluding diaryl/α,β-unsaturated/α-hetero) is 1. The second-order valence-corrected chi connectivity index (χ2v) is 8.23. The normalized spacial score (nSPS) is 17.3. The van der Waals surface area contributed by atoms with Crippen molar-refractivity contribution in [2.45, 2.75) is 26.8 Å². The molecule has 1 heterocycles. The second-order valence-electron chi connectivity index (χ2n) is 7.83. The summed E-state index contributed by atoms with van der Waals surface area (Å²) in [6.07, 6.45) is 0. The van der Waals surface area contributed by atoms with Crippen LogP contribution >= 0.6 is 11.6 Å². The highest BCUT2D eigenvalue weighted by atomic mass is 35.5. The van der Waals surface area contributed by atoms with Crippen LogP contribution < -0.4 is 9.64 Å². The highest BCUT2D eigenvalue weighted by molar-refractivity contribution is 6.46. The predicted octanol–water partition coefficient (Wildman–Crippen LogP) is 4.65. The van der Waals surface area contributed by atoms with Crippen LogP contribution in [0.4, 0.5) is 5.69 Å². The van der Waals surface area contributed by atoms with E-state index in [0.29, 0.717) is 22.9 Å². The van der Waals surface area contributed by atoms with Gasteiger partial charge in [-0.2, -0.15) is 0 Å². The van der Waals surface area contributed by atoms with Gasteiger partial charge in [0.2, 0.25) is 0 Å². The Hall–Kier alpha value is -3.03. The molecular formula is C26H31ClN2O5. The van der Waals surface area contributed by atoms with Gasteiger partial charge >= 0.3 is 0 Å². The van der Waals surface area contributed by atoms with Crippen molar-refractivity contribution in [3.63, 3.8) is 0 Å². The molecule has 0 saturated carbocycles. The summed E-state index contributed by atoms with van der Waals surface area (Å²) < 4.78 is 10.7. The number of ether oxygens (including phenoxy) is 2. The lowest BCUT2D eigenvalue weighted by Gasteiger charge is -2.26. The number of anilines is 1. The van der Waals surface area contributed by atoms with E-state index in [-0.39, 0.29) is 24.5 Å². The van der Waals surface area contributed by atoms with E-state index in [2.05, 4.69) is 18.7 Å². The number of ketones is 1. The lowest BCUT2D eigenvalue weighted by Crippen LogP contribution is -2.32. The topological polar surface area (TPSA) is 79.3 Å². The van der Waals surface area contributed by atoms with Gasteiger partial charge in [0, 0.05) is 38.0 Å². The molecule has 3 rings (SSSR count). The third-order valence-electron chi connectivity index (χ3n) is 5.92. The molecule has 1 fully saturated rings. The fraction of sp³-hybridized carbons (Fsp3) is 0.385. The Morgan fingerprint density at radius 3 is 2.35 bits per heavy atom. The molecule has 7 nitrogen and oxygen atoms in total. The molecule has 0 aromatic heterocycles. The van der Waals surface area contributed by atoms with Crippen molar-refractivity contribution in [3.05, 3.63) is 64.2 Å². The van der Waals surface area contributed by atoms with Crippen molar-refractivity contribution in [1.29, 1.82) is 0 Å². The molecule has 34 heavy (non-hydrogen) atoms. The van der Waals surface area contributed by atoms with Gasteiger partial charge in [0.25, 0.3) is 11.7 Å². The van der Waals surface area contributed by atoms with E-state index in [4.69, 9.17) is 21.1 Å². The highest BCUT2D eigenvalue weighted by Gasteiger charge is 2.45. The molecule has 0 radical (unpaired) electrons. The first-order valence-electron chi connectivity index (χ1n) is 11.4. The zero-order valence-corrected chi connectivity index (χ0v) is 20.8. The number of rotatable bonds is 10. The summed E-state index contributed by atoms with van der Waals surface area (Å²) in [4.78, 5) is 29.7. The number of halogens is 1. The number of amides is 1. The summed E-state index contributed by atoms with van der Waals surface area (Å²) in [5.41, 5.74) is 2.15. The molecule has 1 aliphatic rings. The van der Waals surface area contributed by atoms with E-state index in [9.17, 15) is 14.7 Å². The van der Waals surface area contributed by atoms with Crippen molar-refractivity contribution in [2.24, 2.45) is 0 Å². The lowest BCUT2D eigenvalue weighted by molar-refractivity contribution is -0.140. The Balaban J connectivity index is 2.12. The third kappa shape index (κ3) is 5.05. The van der Waals surface area contributed by atoms with Crippen LogP contribution in [-0.2, 0) is 14.3 Å². The number of nitrogens with zero attached hydrogens (tertiary/aromatic N) is 2. The van der Waals surface area contributed by atoms with Crippen LogP contribution in [0.15, 0.2) is 48.0 Å². The van der Waals surface area contributed by atoms with Crippen LogP contribution in [0.25, 0.3) is 5.76 Å². The number of aliphatic hydroxyl groups excluding tert-OH is 1. The van der Waals surface area contributed by atoms with Gasteiger partial charge < -0.3 is 24.4 Å². The molecule has 0 bridgehead atoms. The summed E-state index contributed by atoms with van der Waals surface area (Å²) in [5.74, 6) is -1.29. The molecule has 0 spiro atoms. The number of hydrogen-bond donors (Lipinski definition) is 1. The first kappa shape index (κ1) is 25.6. The Bertz CT molecular complexity index is 1060. The molecule has 2 aromatic rings. The quantitative estimate of drug-likeness (QED) is 0.299. The summed E-state index contributed by atoms with van der Waals surface area (Å²) in [5, 5.41) is 11.6. The molecule has 1 N–H and O–H groups in total. The van der Waals surface area contributed by atoms with Crippen molar-refractivity contribution in [3.8, 4) is 5.75 Å². The van der Waals surface area contributed by atoms with E-state index in [1.165, 1.54) is 12.0 Å². The Kier molecular flexibility index (Phi) is 8.58. The molecule has 1 aliphatic heterocycles. The van der Waals surface area contributed by atoms with Crippen molar-refractivity contribution in [1.82, 2.24) is 4.90 Å². The standard InChI is InChI=1S/C26H31ClN2O5/c1-5-28(6-2)19-11-8-17(9-12-19)23-22(25(31)26(32)29(23)14-15-33-4)24(30)18-10-13-20(27)21(16-18)34-7-3/h8-13,16,23,30H,5-7,14-15H2,1-4H3/b24-22-. The number of methoxy groups -OCH3 is 1. The minimum absolute atomic E-state index is 0.0291. The monoisotopic (exact) mass is 486 g/mol. The summed E-state index contributed by atoms with van der Waals surface area (Å²) in [6.45, 7) is 8.58. The van der Waals surface area contributed by atoms with Gasteiger partial charge in [0.1, 0.15) is 11.5 Å². The number of likely N-dealkylation sites (tertiary alicyclic amines) is 1. The zero-order valence-electron chi connectivity index (χ0n) is 20.0. The van der Waals surface area contributed by atoms with Gasteiger partial charge in [0.05, 0.1) is 29.9 Å². The Morgan fingerprint density at radius 2 is 1.76 bits per heavy atom. The largest absolute Gasteiger partial charge is 0.507 e. The van der Waals surface area contributed by atoms with Crippen molar-refractivity contribution in [2.75, 3.05) is 44.9 Å². The summed E-state index contributed by atoms with van der Waals surface area (Å²) in [7, 11) is 1.54. The fourth-order valence-electron chi connectivity index (χ4n) is 4.18. The average molecular weight is 487 g/mol. The maximum absolute atomic E-state index is 13.1. The van der Waals surface area contributed by atoms with Crippen molar-refractivity contribution >= 4 is 34.7 Å². The summed E-state index contributed by atoms with van der Waals surface area (Å²) >= 11 is 6.19. The zero-order chi connectivity index (χ0) is 24.8.